The fourth-order valence-electron chi connectivity index (χ4n) is 2.47. The van der Waals surface area contributed by atoms with Gasteiger partial charge in [0, 0.05) is 45.2 Å². The molecule has 0 aliphatic carbocycles. The van der Waals surface area contributed by atoms with Crippen molar-refractivity contribution >= 4 is 0 Å². The van der Waals surface area contributed by atoms with Crippen LogP contribution < -0.4 is 0 Å². The maximum absolute atomic E-state index is 8.50. The second-order valence-corrected chi connectivity index (χ2v) is 5.00. The van der Waals surface area contributed by atoms with Gasteiger partial charge in [0.2, 0.25) is 0 Å². The van der Waals surface area contributed by atoms with E-state index in [1.54, 1.807) is 0 Å². The van der Waals surface area contributed by atoms with E-state index in [0.29, 0.717) is 12.5 Å². The first-order valence-electron chi connectivity index (χ1n) is 7.19. The first-order chi connectivity index (χ1) is 8.77. The van der Waals surface area contributed by atoms with Crippen LogP contribution in [-0.4, -0.2) is 61.8 Å². The lowest BCUT2D eigenvalue weighted by Gasteiger charge is -2.39. The third-order valence-electron chi connectivity index (χ3n) is 3.59. The molecular formula is C14H27N3O. The van der Waals surface area contributed by atoms with Crippen LogP contribution in [0.25, 0.3) is 0 Å². The van der Waals surface area contributed by atoms with Gasteiger partial charge < -0.3 is 9.64 Å². The molecule has 0 aromatic carbocycles. The van der Waals surface area contributed by atoms with Crippen molar-refractivity contribution in [2.24, 2.45) is 0 Å². The van der Waals surface area contributed by atoms with Gasteiger partial charge in [-0.2, -0.15) is 5.26 Å². The van der Waals surface area contributed by atoms with E-state index in [9.17, 15) is 0 Å². The van der Waals surface area contributed by atoms with E-state index in [-0.39, 0.29) is 0 Å². The van der Waals surface area contributed by atoms with Crippen LogP contribution in [0.3, 0.4) is 0 Å². The van der Waals surface area contributed by atoms with Crippen molar-refractivity contribution in [2.75, 3.05) is 45.9 Å². The maximum Gasteiger partial charge on any atom is 0.0621 e. The van der Waals surface area contributed by atoms with Gasteiger partial charge in [0.05, 0.1) is 12.7 Å². The van der Waals surface area contributed by atoms with Crippen molar-refractivity contribution in [1.82, 2.24) is 9.80 Å². The number of rotatable bonds is 8. The zero-order valence-electron chi connectivity index (χ0n) is 11.9. The number of unbranched alkanes of at least 4 members (excludes halogenated alkanes) is 2. The number of nitriles is 1. The fourth-order valence-corrected chi connectivity index (χ4v) is 2.47. The molecule has 4 heteroatoms. The first-order valence-corrected chi connectivity index (χ1v) is 7.19. The third-order valence-corrected chi connectivity index (χ3v) is 3.59. The predicted molar refractivity (Wildman–Crippen MR) is 73.4 cm³/mol. The van der Waals surface area contributed by atoms with Gasteiger partial charge in [0.25, 0.3) is 0 Å². The highest BCUT2D eigenvalue weighted by molar-refractivity contribution is 4.79. The monoisotopic (exact) mass is 253 g/mol. The van der Waals surface area contributed by atoms with Gasteiger partial charge in [-0.3, -0.25) is 4.90 Å². The molecule has 1 fully saturated rings. The average molecular weight is 253 g/mol. The number of piperazine rings is 1. The van der Waals surface area contributed by atoms with E-state index >= 15 is 0 Å². The molecule has 0 aromatic rings. The van der Waals surface area contributed by atoms with Crippen molar-refractivity contribution in [2.45, 2.75) is 39.2 Å². The van der Waals surface area contributed by atoms with E-state index in [1.807, 2.05) is 6.92 Å². The van der Waals surface area contributed by atoms with Crippen LogP contribution >= 0.6 is 0 Å². The summed E-state index contributed by atoms with van der Waals surface area (Å²) in [4.78, 5) is 5.04. The summed E-state index contributed by atoms with van der Waals surface area (Å²) in [6, 6.07) is 2.83. The van der Waals surface area contributed by atoms with E-state index in [0.717, 1.165) is 58.8 Å². The molecule has 104 valence electrons. The van der Waals surface area contributed by atoms with Crippen LogP contribution in [0.4, 0.5) is 0 Å². The Labute approximate surface area is 112 Å². The summed E-state index contributed by atoms with van der Waals surface area (Å²) in [6.07, 6.45) is 2.89. The van der Waals surface area contributed by atoms with Crippen molar-refractivity contribution < 1.29 is 4.74 Å². The van der Waals surface area contributed by atoms with E-state index in [2.05, 4.69) is 22.8 Å². The molecule has 0 amide bonds. The van der Waals surface area contributed by atoms with Gasteiger partial charge in [-0.25, -0.2) is 0 Å². The molecule has 1 aliphatic heterocycles. The van der Waals surface area contributed by atoms with Crippen LogP contribution in [-0.2, 0) is 4.74 Å². The Morgan fingerprint density at radius 2 is 2.11 bits per heavy atom. The largest absolute Gasteiger partial charge is 0.380 e. The van der Waals surface area contributed by atoms with Crippen LogP contribution in [0.2, 0.25) is 0 Å². The number of hydrogen-bond donors (Lipinski definition) is 0. The Bertz CT molecular complexity index is 252. The second-order valence-electron chi connectivity index (χ2n) is 5.00. The second kappa shape index (κ2) is 9.32. The van der Waals surface area contributed by atoms with Gasteiger partial charge in [-0.05, 0) is 33.2 Å². The lowest BCUT2D eigenvalue weighted by molar-refractivity contribution is 0.0489. The topological polar surface area (TPSA) is 39.5 Å². The summed E-state index contributed by atoms with van der Waals surface area (Å²) in [7, 11) is 0. The molecule has 0 unspecified atom stereocenters. The van der Waals surface area contributed by atoms with Crippen LogP contribution in [0.5, 0.6) is 0 Å². The van der Waals surface area contributed by atoms with Gasteiger partial charge >= 0.3 is 0 Å². The maximum atomic E-state index is 8.50. The predicted octanol–water partition coefficient (Wildman–Crippen LogP) is 1.72. The summed E-state index contributed by atoms with van der Waals surface area (Å²) in [5.41, 5.74) is 0. The Kier molecular flexibility index (Phi) is 7.99. The molecule has 1 rings (SSSR count). The summed E-state index contributed by atoms with van der Waals surface area (Å²) in [6.45, 7) is 11.7. The van der Waals surface area contributed by atoms with Crippen LogP contribution in [0, 0.1) is 11.3 Å². The molecule has 0 aromatic heterocycles. The SMILES string of the molecule is CCOCCN1CCN(CCCCC#N)C[C@@H]1C. The molecule has 0 saturated carbocycles. The molecule has 0 spiro atoms. The van der Waals surface area contributed by atoms with Crippen LogP contribution in [0.15, 0.2) is 0 Å². The molecule has 1 atom stereocenters. The average Bonchev–Trinajstić information content (AvgIpc) is 2.37. The Morgan fingerprint density at radius 3 is 2.78 bits per heavy atom. The van der Waals surface area contributed by atoms with Gasteiger partial charge in [-0.1, -0.05) is 0 Å². The molecule has 0 N–H and O–H groups in total. The highest BCUT2D eigenvalue weighted by Gasteiger charge is 2.22. The van der Waals surface area contributed by atoms with Crippen molar-refractivity contribution in [3.05, 3.63) is 0 Å². The Morgan fingerprint density at radius 1 is 1.28 bits per heavy atom. The molecule has 1 heterocycles. The van der Waals surface area contributed by atoms with Crippen molar-refractivity contribution in [1.29, 1.82) is 5.26 Å². The number of hydrogen-bond acceptors (Lipinski definition) is 4. The molecule has 0 bridgehead atoms. The van der Waals surface area contributed by atoms with E-state index in [1.165, 1.54) is 0 Å². The van der Waals surface area contributed by atoms with Gasteiger partial charge in [0.15, 0.2) is 0 Å². The Hall–Kier alpha value is -0.630. The molecule has 4 nitrogen and oxygen atoms in total. The zero-order chi connectivity index (χ0) is 13.2. The normalized spacial score (nSPS) is 21.9. The van der Waals surface area contributed by atoms with Gasteiger partial charge in [-0.15, -0.1) is 0 Å². The molecule has 1 saturated heterocycles. The third kappa shape index (κ3) is 5.81. The minimum Gasteiger partial charge on any atom is -0.380 e. The van der Waals surface area contributed by atoms with Crippen molar-refractivity contribution in [3.63, 3.8) is 0 Å². The van der Waals surface area contributed by atoms with Gasteiger partial charge in [0.1, 0.15) is 0 Å². The number of nitrogens with zero attached hydrogens (tertiary/aromatic N) is 3. The lowest BCUT2D eigenvalue weighted by atomic mass is 10.1. The smallest absolute Gasteiger partial charge is 0.0621 e. The zero-order valence-corrected chi connectivity index (χ0v) is 11.9. The highest BCUT2D eigenvalue weighted by atomic mass is 16.5. The standard InChI is InChI=1S/C14H27N3O/c1-3-18-12-11-17-10-9-16(13-14(17)2)8-6-4-5-7-15/h14H,3-6,8-13H2,1-2H3/t14-/m0/s1. The summed E-state index contributed by atoms with van der Waals surface area (Å²) in [5.74, 6) is 0. The fraction of sp³-hybridized carbons (Fsp3) is 0.929. The Balaban J connectivity index is 2.13. The first kappa shape index (κ1) is 15.4. The molecule has 1 aliphatic rings. The minimum absolute atomic E-state index is 0.621. The summed E-state index contributed by atoms with van der Waals surface area (Å²) < 4.78 is 5.42. The van der Waals surface area contributed by atoms with E-state index in [4.69, 9.17) is 10.00 Å². The molecular weight excluding hydrogens is 226 g/mol. The molecule has 0 radical (unpaired) electrons. The minimum atomic E-state index is 0.621. The number of ether oxygens (including phenoxy) is 1. The van der Waals surface area contributed by atoms with Crippen molar-refractivity contribution in [3.8, 4) is 6.07 Å². The quantitative estimate of drug-likeness (QED) is 0.618. The highest BCUT2D eigenvalue weighted by Crippen LogP contribution is 2.10. The summed E-state index contributed by atoms with van der Waals surface area (Å²) >= 11 is 0. The van der Waals surface area contributed by atoms with E-state index < -0.39 is 0 Å². The molecule has 18 heavy (non-hydrogen) atoms. The van der Waals surface area contributed by atoms with Crippen LogP contribution in [0.1, 0.15) is 33.1 Å². The summed E-state index contributed by atoms with van der Waals surface area (Å²) in [5, 5.41) is 8.50. The lowest BCUT2D eigenvalue weighted by Crippen LogP contribution is -2.52.